The lowest BCUT2D eigenvalue weighted by atomic mass is 9.86. The molecule has 54 heavy (non-hydrogen) atoms. The fourth-order valence-electron chi connectivity index (χ4n) is 8.19. The molecule has 0 saturated carbocycles. The Labute approximate surface area is 315 Å². The second kappa shape index (κ2) is 14.7. The van der Waals surface area contributed by atoms with Gasteiger partial charge in [0.15, 0.2) is 23.0 Å². The lowest BCUT2D eigenvalue weighted by Crippen LogP contribution is -2.34. The Morgan fingerprint density at radius 3 is 2.22 bits per heavy atom. The van der Waals surface area contributed by atoms with Crippen LogP contribution in [0.2, 0.25) is 0 Å². The number of benzene rings is 5. The number of hydrogen-bond acceptors (Lipinski definition) is 9. The highest BCUT2D eigenvalue weighted by molar-refractivity contribution is 5.64. The van der Waals surface area contributed by atoms with Crippen molar-refractivity contribution in [3.8, 4) is 40.2 Å². The SMILES string of the molecule is COc1cc([N+](=O)[O-])c2cc1Oc1ccc(cc1)C[C@H]1c3cc(c(C)cc3CCN1C)Oc1c(OCc3ccccc3)c(OC)cc3c1[C@H](C2)N(C)CC3. The molecule has 5 aromatic carbocycles. The van der Waals surface area contributed by atoms with Gasteiger partial charge in [0.25, 0.3) is 5.69 Å². The van der Waals surface area contributed by atoms with E-state index in [0.29, 0.717) is 47.3 Å². The van der Waals surface area contributed by atoms with Gasteiger partial charge in [0.2, 0.25) is 5.75 Å². The zero-order chi connectivity index (χ0) is 37.5. The Morgan fingerprint density at radius 1 is 0.778 bits per heavy atom. The predicted octanol–water partition coefficient (Wildman–Crippen LogP) is 8.94. The molecule has 10 heteroatoms. The molecule has 4 aliphatic heterocycles. The highest BCUT2D eigenvalue weighted by Gasteiger charge is 2.36. The van der Waals surface area contributed by atoms with Crippen LogP contribution in [0.4, 0.5) is 5.69 Å². The molecule has 0 aromatic heterocycles. The number of fused-ring (bicyclic) bond motifs is 2. The van der Waals surface area contributed by atoms with Crippen LogP contribution in [0, 0.1) is 17.0 Å². The van der Waals surface area contributed by atoms with Gasteiger partial charge >= 0.3 is 0 Å². The van der Waals surface area contributed by atoms with Crippen LogP contribution in [-0.4, -0.2) is 56.1 Å². The highest BCUT2D eigenvalue weighted by Crippen LogP contribution is 2.52. The molecule has 10 nitrogen and oxygen atoms in total. The molecule has 2 atom stereocenters. The maximum absolute atomic E-state index is 12.6. The smallest absolute Gasteiger partial charge is 0.276 e. The number of aryl methyl sites for hydroxylation is 1. The molecule has 0 aliphatic carbocycles. The largest absolute Gasteiger partial charge is 0.493 e. The van der Waals surface area contributed by atoms with Crippen LogP contribution in [0.15, 0.2) is 84.9 Å². The summed E-state index contributed by atoms with van der Waals surface area (Å²) in [4.78, 5) is 16.9. The molecule has 0 amide bonds. The van der Waals surface area contributed by atoms with Crippen LogP contribution in [0.1, 0.15) is 56.6 Å². The van der Waals surface area contributed by atoms with Gasteiger partial charge < -0.3 is 23.7 Å². The summed E-state index contributed by atoms with van der Waals surface area (Å²) in [6.07, 6.45) is 2.78. The molecular weight excluding hydrogens is 682 g/mol. The average Bonchev–Trinajstić information content (AvgIpc) is 3.17. The lowest BCUT2D eigenvalue weighted by molar-refractivity contribution is -0.385. The number of nitrogens with zero attached hydrogens (tertiary/aromatic N) is 3. The zero-order valence-corrected chi connectivity index (χ0v) is 31.4. The van der Waals surface area contributed by atoms with Gasteiger partial charge in [0.1, 0.15) is 18.1 Å². The fourth-order valence-corrected chi connectivity index (χ4v) is 8.19. The third-order valence-electron chi connectivity index (χ3n) is 11.2. The molecule has 0 unspecified atom stereocenters. The van der Waals surface area contributed by atoms with E-state index in [9.17, 15) is 10.1 Å². The van der Waals surface area contributed by atoms with Crippen LogP contribution in [-0.2, 0) is 32.3 Å². The summed E-state index contributed by atoms with van der Waals surface area (Å²) in [5.74, 6) is 3.69. The van der Waals surface area contributed by atoms with Gasteiger partial charge in [-0.05, 0) is 110 Å². The van der Waals surface area contributed by atoms with Crippen LogP contribution < -0.4 is 23.7 Å². The van der Waals surface area contributed by atoms with Gasteiger partial charge in [-0.2, -0.15) is 0 Å². The first-order valence-electron chi connectivity index (χ1n) is 18.4. The van der Waals surface area contributed by atoms with E-state index in [2.05, 4.69) is 55.1 Å². The highest BCUT2D eigenvalue weighted by atomic mass is 16.6. The van der Waals surface area contributed by atoms with E-state index in [-0.39, 0.29) is 28.4 Å². The summed E-state index contributed by atoms with van der Waals surface area (Å²) in [5.41, 5.74) is 8.19. The first-order chi connectivity index (χ1) is 26.2. The first kappa shape index (κ1) is 35.4. The van der Waals surface area contributed by atoms with Crippen LogP contribution >= 0.6 is 0 Å². The van der Waals surface area contributed by atoms with Gasteiger partial charge in [-0.3, -0.25) is 19.9 Å². The molecular formula is C44H45N3O7. The normalized spacial score (nSPS) is 18.0. The molecule has 9 rings (SSSR count). The minimum Gasteiger partial charge on any atom is -0.493 e. The second-order valence-corrected chi connectivity index (χ2v) is 14.5. The predicted molar refractivity (Wildman–Crippen MR) is 207 cm³/mol. The Balaban J connectivity index is 1.37. The molecule has 4 heterocycles. The van der Waals surface area contributed by atoms with Gasteiger partial charge in [-0.25, -0.2) is 0 Å². The Kier molecular flexibility index (Phi) is 9.64. The van der Waals surface area contributed by atoms with E-state index >= 15 is 0 Å². The molecule has 0 fully saturated rings. The molecule has 278 valence electrons. The molecule has 0 radical (unpaired) electrons. The Morgan fingerprint density at radius 2 is 1.50 bits per heavy atom. The maximum Gasteiger partial charge on any atom is 0.276 e. The third-order valence-corrected chi connectivity index (χ3v) is 11.2. The average molecular weight is 728 g/mol. The third kappa shape index (κ3) is 6.71. The van der Waals surface area contributed by atoms with Crippen molar-refractivity contribution in [2.45, 2.75) is 51.3 Å². The molecule has 0 N–H and O–H groups in total. The van der Waals surface area contributed by atoms with Gasteiger partial charge in [0.05, 0.1) is 25.2 Å². The molecule has 0 spiro atoms. The van der Waals surface area contributed by atoms with E-state index in [1.807, 2.05) is 48.5 Å². The standard InChI is InChI=1S/C44H45N3O7/c1-27-19-30-15-17-45(2)36-20-28-11-13-33(14-12-28)53-40-23-32(35(47(48)49)25-39(40)50-4)21-37-42-31(16-18-46(37)3)22-41(51-5)43(44(42)54-38(27)24-34(30)36)52-26-29-9-7-6-8-10-29/h6-14,19,22-25,36-37H,15-18,20-21,26H2,1-5H3/t36-,37-/m0/s1. The number of likely N-dealkylation sites (N-methyl/N-ethyl adjacent to an activating group) is 2. The van der Waals surface area contributed by atoms with Crippen molar-refractivity contribution in [1.82, 2.24) is 9.80 Å². The summed E-state index contributed by atoms with van der Waals surface area (Å²) < 4.78 is 32.0. The number of methoxy groups -OCH3 is 2. The number of nitro groups is 1. The molecule has 0 saturated heterocycles. The number of rotatable bonds is 6. The lowest BCUT2D eigenvalue weighted by Gasteiger charge is -2.37. The fraction of sp³-hybridized carbons (Fsp3) is 0.318. The zero-order valence-electron chi connectivity index (χ0n) is 31.4. The number of hydrogen-bond donors (Lipinski definition) is 0. The Bertz CT molecular complexity index is 2210. The van der Waals surface area contributed by atoms with Crippen molar-refractivity contribution in [1.29, 1.82) is 0 Å². The molecule has 4 aliphatic rings. The Hall–Kier alpha value is -5.58. The van der Waals surface area contributed by atoms with Crippen molar-refractivity contribution >= 4 is 5.69 Å². The van der Waals surface area contributed by atoms with E-state index in [1.165, 1.54) is 24.3 Å². The minimum atomic E-state index is -0.351. The van der Waals surface area contributed by atoms with E-state index in [4.69, 9.17) is 23.7 Å². The molecule has 5 aromatic rings. The van der Waals surface area contributed by atoms with Gasteiger partial charge in [-0.1, -0.05) is 48.5 Å². The van der Waals surface area contributed by atoms with Crippen molar-refractivity contribution in [3.05, 3.63) is 140 Å². The quantitative estimate of drug-likeness (QED) is 0.126. The number of nitro benzene ring substituents is 1. The van der Waals surface area contributed by atoms with Crippen LogP contribution in [0.3, 0.4) is 0 Å². The van der Waals surface area contributed by atoms with Crippen molar-refractivity contribution < 1.29 is 28.6 Å². The molecule has 6 bridgehead atoms. The maximum atomic E-state index is 12.6. The van der Waals surface area contributed by atoms with Gasteiger partial charge in [0, 0.05) is 36.3 Å². The van der Waals surface area contributed by atoms with Crippen molar-refractivity contribution in [2.24, 2.45) is 0 Å². The van der Waals surface area contributed by atoms with E-state index in [1.54, 1.807) is 13.2 Å². The van der Waals surface area contributed by atoms with E-state index < -0.39 is 0 Å². The number of ether oxygens (including phenoxy) is 5. The minimum absolute atomic E-state index is 0.0401. The summed E-state index contributed by atoms with van der Waals surface area (Å²) in [6.45, 7) is 4.08. The van der Waals surface area contributed by atoms with E-state index in [0.717, 1.165) is 65.9 Å². The first-order valence-corrected chi connectivity index (χ1v) is 18.4. The van der Waals surface area contributed by atoms with Gasteiger partial charge in [-0.15, -0.1) is 0 Å². The summed E-state index contributed by atoms with van der Waals surface area (Å²) >= 11 is 0. The van der Waals surface area contributed by atoms with Crippen molar-refractivity contribution in [2.75, 3.05) is 41.4 Å². The van der Waals surface area contributed by atoms with Crippen LogP contribution in [0.5, 0.6) is 40.2 Å². The monoisotopic (exact) mass is 727 g/mol. The summed E-state index contributed by atoms with van der Waals surface area (Å²) in [6, 6.07) is 27.6. The topological polar surface area (TPSA) is 95.8 Å². The summed E-state index contributed by atoms with van der Waals surface area (Å²) in [7, 11) is 7.38. The summed E-state index contributed by atoms with van der Waals surface area (Å²) in [5, 5.41) is 12.6. The van der Waals surface area contributed by atoms with Crippen LogP contribution in [0.25, 0.3) is 0 Å². The van der Waals surface area contributed by atoms with Crippen molar-refractivity contribution in [3.63, 3.8) is 0 Å². The second-order valence-electron chi connectivity index (χ2n) is 14.5.